The molecule has 0 heterocycles. The van der Waals surface area contributed by atoms with Crippen LogP contribution < -0.4 is 10.6 Å². The van der Waals surface area contributed by atoms with Crippen LogP contribution in [0.4, 0.5) is 5.69 Å². The number of nitrogens with one attached hydrogen (secondary N) is 2. The van der Waals surface area contributed by atoms with Crippen LogP contribution in [0.1, 0.15) is 21.5 Å². The minimum Gasteiger partial charge on any atom is -0.348 e. The fraction of sp³-hybridized carbons (Fsp3) is 0.176. The average molecular weight is 317 g/mol. The molecule has 114 valence electrons. The third-order valence-electron chi connectivity index (χ3n) is 3.10. The first kappa shape index (κ1) is 16.0. The minimum absolute atomic E-state index is 0.154. The first-order valence-corrected chi connectivity index (χ1v) is 7.42. The van der Waals surface area contributed by atoms with Gasteiger partial charge in [0.1, 0.15) is 5.88 Å². The fourth-order valence-electron chi connectivity index (χ4n) is 2.07. The number of para-hydroxylation sites is 1. The van der Waals surface area contributed by atoms with Gasteiger partial charge in [0.05, 0.1) is 11.3 Å². The highest BCUT2D eigenvalue weighted by Crippen LogP contribution is 2.15. The van der Waals surface area contributed by atoms with Crippen LogP contribution in [0.3, 0.4) is 0 Å². The standard InChI is InChI=1S/C17H17ClN2O2/c1-12-5-4-6-13(9-12)11-19-17(22)14-7-2-3-8-15(14)20-16(21)10-18/h2-9H,10-11H2,1H3,(H,19,22)(H,20,21). The molecule has 2 aromatic rings. The predicted molar refractivity (Wildman–Crippen MR) is 88.1 cm³/mol. The van der Waals surface area contributed by atoms with E-state index >= 15 is 0 Å². The van der Waals surface area contributed by atoms with Crippen molar-refractivity contribution in [1.29, 1.82) is 0 Å². The van der Waals surface area contributed by atoms with Crippen molar-refractivity contribution in [3.8, 4) is 0 Å². The molecule has 22 heavy (non-hydrogen) atoms. The lowest BCUT2D eigenvalue weighted by atomic mass is 10.1. The molecule has 0 aliphatic carbocycles. The van der Waals surface area contributed by atoms with Crippen LogP contribution in [0.2, 0.25) is 0 Å². The number of carbonyl (C=O) groups is 2. The number of anilines is 1. The van der Waals surface area contributed by atoms with E-state index in [0.29, 0.717) is 17.8 Å². The molecule has 0 aliphatic rings. The van der Waals surface area contributed by atoms with Gasteiger partial charge in [-0.2, -0.15) is 0 Å². The largest absolute Gasteiger partial charge is 0.348 e. The first-order chi connectivity index (χ1) is 10.6. The summed E-state index contributed by atoms with van der Waals surface area (Å²) < 4.78 is 0. The van der Waals surface area contributed by atoms with Crippen molar-refractivity contribution in [3.63, 3.8) is 0 Å². The normalized spacial score (nSPS) is 10.1. The van der Waals surface area contributed by atoms with E-state index in [1.165, 1.54) is 0 Å². The summed E-state index contributed by atoms with van der Waals surface area (Å²) >= 11 is 5.48. The molecular formula is C17H17ClN2O2. The number of benzene rings is 2. The summed E-state index contributed by atoms with van der Waals surface area (Å²) in [5.41, 5.74) is 3.03. The highest BCUT2D eigenvalue weighted by molar-refractivity contribution is 6.29. The van der Waals surface area contributed by atoms with E-state index in [1.807, 2.05) is 31.2 Å². The Morgan fingerprint density at radius 1 is 1.09 bits per heavy atom. The molecular weight excluding hydrogens is 300 g/mol. The topological polar surface area (TPSA) is 58.2 Å². The smallest absolute Gasteiger partial charge is 0.253 e. The van der Waals surface area contributed by atoms with E-state index in [4.69, 9.17) is 11.6 Å². The molecule has 2 amide bonds. The van der Waals surface area contributed by atoms with Gasteiger partial charge in [0.15, 0.2) is 0 Å². The Morgan fingerprint density at radius 2 is 1.86 bits per heavy atom. The van der Waals surface area contributed by atoms with E-state index in [1.54, 1.807) is 24.3 Å². The lowest BCUT2D eigenvalue weighted by molar-refractivity contribution is -0.113. The van der Waals surface area contributed by atoms with Crippen LogP contribution in [-0.4, -0.2) is 17.7 Å². The van der Waals surface area contributed by atoms with Crippen LogP contribution in [-0.2, 0) is 11.3 Å². The Labute approximate surface area is 134 Å². The highest BCUT2D eigenvalue weighted by atomic mass is 35.5. The number of aryl methyl sites for hydroxylation is 1. The summed E-state index contributed by atoms with van der Waals surface area (Å²) in [5.74, 6) is -0.744. The molecule has 0 bridgehead atoms. The molecule has 0 aromatic heterocycles. The van der Waals surface area contributed by atoms with Crippen LogP contribution >= 0.6 is 11.6 Å². The number of halogens is 1. The lowest BCUT2D eigenvalue weighted by Crippen LogP contribution is -2.25. The van der Waals surface area contributed by atoms with Gasteiger partial charge in [0.2, 0.25) is 5.91 Å². The van der Waals surface area contributed by atoms with Gasteiger partial charge in [-0.3, -0.25) is 9.59 Å². The highest BCUT2D eigenvalue weighted by Gasteiger charge is 2.12. The first-order valence-electron chi connectivity index (χ1n) is 6.88. The van der Waals surface area contributed by atoms with E-state index in [9.17, 15) is 9.59 Å². The van der Waals surface area contributed by atoms with E-state index < -0.39 is 0 Å². The molecule has 2 rings (SSSR count). The van der Waals surface area contributed by atoms with Crippen LogP contribution in [0.15, 0.2) is 48.5 Å². The van der Waals surface area contributed by atoms with Crippen molar-refractivity contribution in [2.45, 2.75) is 13.5 Å². The Morgan fingerprint density at radius 3 is 2.59 bits per heavy atom. The number of rotatable bonds is 5. The van der Waals surface area contributed by atoms with Crippen molar-refractivity contribution in [1.82, 2.24) is 5.32 Å². The third kappa shape index (κ3) is 4.33. The van der Waals surface area contributed by atoms with E-state index in [0.717, 1.165) is 11.1 Å². The summed E-state index contributed by atoms with van der Waals surface area (Å²) in [6.45, 7) is 2.43. The van der Waals surface area contributed by atoms with Crippen LogP contribution in [0.25, 0.3) is 0 Å². The molecule has 2 aromatic carbocycles. The molecule has 0 saturated carbocycles. The lowest BCUT2D eigenvalue weighted by Gasteiger charge is -2.11. The summed E-state index contributed by atoms with van der Waals surface area (Å²) in [5, 5.41) is 5.47. The van der Waals surface area contributed by atoms with Crippen LogP contribution in [0.5, 0.6) is 0 Å². The molecule has 4 nitrogen and oxygen atoms in total. The van der Waals surface area contributed by atoms with E-state index in [2.05, 4.69) is 10.6 Å². The number of amides is 2. The van der Waals surface area contributed by atoms with Gasteiger partial charge in [-0.15, -0.1) is 11.6 Å². The maximum absolute atomic E-state index is 12.3. The maximum Gasteiger partial charge on any atom is 0.253 e. The quantitative estimate of drug-likeness (QED) is 0.833. The van der Waals surface area contributed by atoms with Gasteiger partial charge in [0.25, 0.3) is 5.91 Å². The molecule has 0 radical (unpaired) electrons. The molecule has 0 atom stereocenters. The average Bonchev–Trinajstić information content (AvgIpc) is 2.53. The van der Waals surface area contributed by atoms with Gasteiger partial charge in [0, 0.05) is 6.54 Å². The second-order valence-electron chi connectivity index (χ2n) is 4.90. The predicted octanol–water partition coefficient (Wildman–Crippen LogP) is 3.10. The second-order valence-corrected chi connectivity index (χ2v) is 5.17. The zero-order valence-electron chi connectivity index (χ0n) is 12.2. The Balaban J connectivity index is 2.08. The van der Waals surface area contributed by atoms with E-state index in [-0.39, 0.29) is 17.7 Å². The summed E-state index contributed by atoms with van der Waals surface area (Å²) in [7, 11) is 0. The molecule has 2 N–H and O–H groups in total. The number of alkyl halides is 1. The van der Waals surface area contributed by atoms with Crippen molar-refractivity contribution in [3.05, 3.63) is 65.2 Å². The van der Waals surface area contributed by atoms with Crippen molar-refractivity contribution in [2.24, 2.45) is 0 Å². The summed E-state index contributed by atoms with van der Waals surface area (Å²) in [6, 6.07) is 14.8. The van der Waals surface area contributed by atoms with Gasteiger partial charge in [-0.1, -0.05) is 42.0 Å². The fourth-order valence-corrected chi connectivity index (χ4v) is 2.14. The zero-order chi connectivity index (χ0) is 15.9. The number of carbonyl (C=O) groups excluding carboxylic acids is 2. The molecule has 0 unspecified atom stereocenters. The second kappa shape index (κ2) is 7.61. The Hall–Kier alpha value is -2.33. The molecule has 5 heteroatoms. The Bertz CT molecular complexity index is 686. The molecule has 0 aliphatic heterocycles. The van der Waals surface area contributed by atoms with Crippen molar-refractivity contribution < 1.29 is 9.59 Å². The van der Waals surface area contributed by atoms with Gasteiger partial charge >= 0.3 is 0 Å². The summed E-state index contributed by atoms with van der Waals surface area (Å²) in [4.78, 5) is 23.7. The van der Waals surface area contributed by atoms with Crippen molar-refractivity contribution in [2.75, 3.05) is 11.2 Å². The zero-order valence-corrected chi connectivity index (χ0v) is 13.0. The monoisotopic (exact) mass is 316 g/mol. The Kier molecular flexibility index (Phi) is 5.55. The maximum atomic E-state index is 12.3. The molecule has 0 spiro atoms. The third-order valence-corrected chi connectivity index (χ3v) is 3.35. The molecule has 0 fully saturated rings. The van der Waals surface area contributed by atoms with Crippen molar-refractivity contribution >= 4 is 29.1 Å². The summed E-state index contributed by atoms with van der Waals surface area (Å²) in [6.07, 6.45) is 0. The van der Waals surface area contributed by atoms with Gasteiger partial charge in [-0.25, -0.2) is 0 Å². The number of hydrogen-bond acceptors (Lipinski definition) is 2. The number of hydrogen-bond donors (Lipinski definition) is 2. The van der Waals surface area contributed by atoms with Gasteiger partial charge in [-0.05, 0) is 24.6 Å². The van der Waals surface area contributed by atoms with Gasteiger partial charge < -0.3 is 10.6 Å². The molecule has 0 saturated heterocycles. The SMILES string of the molecule is Cc1cccc(CNC(=O)c2ccccc2NC(=O)CCl)c1. The minimum atomic E-state index is -0.347. The van der Waals surface area contributed by atoms with Crippen LogP contribution in [0, 0.1) is 6.92 Å².